The Morgan fingerprint density at radius 3 is 2.70 bits per heavy atom. The van der Waals surface area contributed by atoms with Crippen LogP contribution in [0, 0.1) is 0 Å². The van der Waals surface area contributed by atoms with Gasteiger partial charge in [0.2, 0.25) is 5.91 Å². The zero-order valence-corrected chi connectivity index (χ0v) is 12.7. The van der Waals surface area contributed by atoms with Crippen molar-refractivity contribution in [2.45, 2.75) is 38.6 Å². The van der Waals surface area contributed by atoms with Crippen molar-refractivity contribution in [1.82, 2.24) is 5.32 Å². The molecule has 1 unspecified atom stereocenters. The van der Waals surface area contributed by atoms with Crippen molar-refractivity contribution < 1.29 is 9.53 Å². The summed E-state index contributed by atoms with van der Waals surface area (Å²) in [5, 5.41) is 3.60. The van der Waals surface area contributed by atoms with E-state index < -0.39 is 0 Å². The zero-order chi connectivity index (χ0) is 14.8. The van der Waals surface area contributed by atoms with E-state index in [1.807, 2.05) is 0 Å². The van der Waals surface area contributed by atoms with Gasteiger partial charge in [-0.3, -0.25) is 4.79 Å². The lowest BCUT2D eigenvalue weighted by Gasteiger charge is -2.16. The summed E-state index contributed by atoms with van der Waals surface area (Å²) in [5.41, 5.74) is 5.64. The molecule has 1 amide bonds. The fourth-order valence-corrected chi connectivity index (χ4v) is 1.92. The Kier molecular flexibility index (Phi) is 8.07. The normalized spacial score (nSPS) is 11.9. The largest absolute Gasteiger partial charge is 0.493 e. The lowest BCUT2D eigenvalue weighted by Crippen LogP contribution is -2.40. The van der Waals surface area contributed by atoms with Gasteiger partial charge in [0, 0.05) is 17.6 Å². The maximum Gasteiger partial charge on any atom is 0.223 e. The van der Waals surface area contributed by atoms with E-state index in [0.29, 0.717) is 30.3 Å². The van der Waals surface area contributed by atoms with E-state index in [1.54, 1.807) is 24.3 Å². The smallest absolute Gasteiger partial charge is 0.223 e. The Labute approximate surface area is 125 Å². The van der Waals surface area contributed by atoms with Gasteiger partial charge in [0.1, 0.15) is 5.75 Å². The molecule has 0 aliphatic heterocycles. The van der Waals surface area contributed by atoms with E-state index in [-0.39, 0.29) is 11.9 Å². The molecular formula is C15H23ClN2O2. The fourth-order valence-electron chi connectivity index (χ4n) is 1.79. The van der Waals surface area contributed by atoms with Gasteiger partial charge in [-0.1, -0.05) is 31.4 Å². The molecule has 1 rings (SSSR count). The third-order valence-corrected chi connectivity index (χ3v) is 3.22. The summed E-state index contributed by atoms with van der Waals surface area (Å²) < 4.78 is 5.48. The number of hydrogen-bond acceptors (Lipinski definition) is 3. The van der Waals surface area contributed by atoms with E-state index in [2.05, 4.69) is 12.2 Å². The third-order valence-electron chi connectivity index (χ3n) is 2.97. The fraction of sp³-hybridized carbons (Fsp3) is 0.533. The lowest BCUT2D eigenvalue weighted by molar-refractivity contribution is -0.122. The first-order valence-electron chi connectivity index (χ1n) is 7.03. The van der Waals surface area contributed by atoms with Crippen molar-refractivity contribution in [2.24, 2.45) is 5.73 Å². The summed E-state index contributed by atoms with van der Waals surface area (Å²) in [6, 6.07) is 7.14. The SMILES string of the molecule is CCCCC(CN)NC(=O)CCOc1ccc(Cl)cc1. The molecule has 0 heterocycles. The van der Waals surface area contributed by atoms with Crippen molar-refractivity contribution in [3.63, 3.8) is 0 Å². The van der Waals surface area contributed by atoms with Crippen molar-refractivity contribution >= 4 is 17.5 Å². The molecule has 0 bridgehead atoms. The molecule has 1 aromatic rings. The van der Waals surface area contributed by atoms with Gasteiger partial charge < -0.3 is 15.8 Å². The van der Waals surface area contributed by atoms with Crippen LogP contribution in [0.1, 0.15) is 32.6 Å². The molecule has 0 saturated heterocycles. The highest BCUT2D eigenvalue weighted by Gasteiger charge is 2.10. The molecule has 0 saturated carbocycles. The first-order chi connectivity index (χ1) is 9.65. The van der Waals surface area contributed by atoms with E-state index in [0.717, 1.165) is 19.3 Å². The summed E-state index contributed by atoms with van der Waals surface area (Å²) in [6.07, 6.45) is 3.43. The van der Waals surface area contributed by atoms with Gasteiger partial charge in [0.15, 0.2) is 0 Å². The quantitative estimate of drug-likeness (QED) is 0.737. The molecule has 0 aromatic heterocycles. The van der Waals surface area contributed by atoms with Crippen LogP contribution in [0.25, 0.3) is 0 Å². The Bertz CT molecular complexity index is 395. The maximum atomic E-state index is 11.8. The van der Waals surface area contributed by atoms with Crippen molar-refractivity contribution in [3.8, 4) is 5.75 Å². The number of rotatable bonds is 9. The Morgan fingerprint density at radius 2 is 2.10 bits per heavy atom. The van der Waals surface area contributed by atoms with Crippen LogP contribution < -0.4 is 15.8 Å². The number of unbranched alkanes of at least 4 members (excludes halogenated alkanes) is 1. The predicted octanol–water partition coefficient (Wildman–Crippen LogP) is 2.74. The third kappa shape index (κ3) is 6.78. The first-order valence-corrected chi connectivity index (χ1v) is 7.41. The maximum absolute atomic E-state index is 11.8. The molecule has 1 atom stereocenters. The number of halogens is 1. The molecule has 3 N–H and O–H groups in total. The monoisotopic (exact) mass is 298 g/mol. The van der Waals surface area contributed by atoms with Crippen LogP contribution in [0.3, 0.4) is 0 Å². The highest BCUT2D eigenvalue weighted by molar-refractivity contribution is 6.30. The van der Waals surface area contributed by atoms with Crippen molar-refractivity contribution in [3.05, 3.63) is 29.3 Å². The highest BCUT2D eigenvalue weighted by Crippen LogP contribution is 2.15. The average Bonchev–Trinajstić information content (AvgIpc) is 2.45. The van der Waals surface area contributed by atoms with Crippen LogP contribution in [0.15, 0.2) is 24.3 Å². The van der Waals surface area contributed by atoms with Crippen LogP contribution in [0.4, 0.5) is 0 Å². The second kappa shape index (κ2) is 9.61. The molecule has 0 aliphatic rings. The second-order valence-corrected chi connectivity index (χ2v) is 5.13. The number of carbonyl (C=O) groups excluding carboxylic acids is 1. The molecule has 1 aromatic carbocycles. The van der Waals surface area contributed by atoms with Crippen LogP contribution in [-0.2, 0) is 4.79 Å². The Hall–Kier alpha value is -1.26. The van der Waals surface area contributed by atoms with E-state index in [9.17, 15) is 4.79 Å². The number of amides is 1. The number of hydrogen-bond donors (Lipinski definition) is 2. The van der Waals surface area contributed by atoms with Gasteiger partial charge in [-0.2, -0.15) is 0 Å². The minimum Gasteiger partial charge on any atom is -0.493 e. The van der Waals surface area contributed by atoms with Gasteiger partial charge in [-0.15, -0.1) is 0 Å². The Morgan fingerprint density at radius 1 is 1.40 bits per heavy atom. The van der Waals surface area contributed by atoms with Gasteiger partial charge in [0.25, 0.3) is 0 Å². The molecule has 0 spiro atoms. The van der Waals surface area contributed by atoms with Crippen molar-refractivity contribution in [1.29, 1.82) is 0 Å². The number of nitrogens with one attached hydrogen (secondary N) is 1. The molecule has 0 fully saturated rings. The van der Waals surface area contributed by atoms with Gasteiger partial charge in [-0.25, -0.2) is 0 Å². The van der Waals surface area contributed by atoms with Crippen LogP contribution in [0.5, 0.6) is 5.75 Å². The molecular weight excluding hydrogens is 276 g/mol. The Balaban J connectivity index is 2.23. The van der Waals surface area contributed by atoms with Crippen LogP contribution in [0.2, 0.25) is 5.02 Å². The number of nitrogens with two attached hydrogens (primary N) is 1. The standard InChI is InChI=1S/C15H23ClN2O2/c1-2-3-4-13(11-17)18-15(19)9-10-20-14-7-5-12(16)6-8-14/h5-8,13H,2-4,9-11,17H2,1H3,(H,18,19). The predicted molar refractivity (Wildman–Crippen MR) is 82.1 cm³/mol. The second-order valence-electron chi connectivity index (χ2n) is 4.69. The minimum absolute atomic E-state index is 0.0227. The topological polar surface area (TPSA) is 64.3 Å². The van der Waals surface area contributed by atoms with Gasteiger partial charge in [-0.05, 0) is 30.7 Å². The minimum atomic E-state index is -0.0227. The average molecular weight is 299 g/mol. The van der Waals surface area contributed by atoms with Crippen LogP contribution in [-0.4, -0.2) is 25.1 Å². The number of carbonyl (C=O) groups is 1. The first kappa shape index (κ1) is 16.8. The molecule has 20 heavy (non-hydrogen) atoms. The van der Waals surface area contributed by atoms with Gasteiger partial charge >= 0.3 is 0 Å². The van der Waals surface area contributed by atoms with Crippen molar-refractivity contribution in [2.75, 3.05) is 13.2 Å². The van der Waals surface area contributed by atoms with Crippen LogP contribution >= 0.6 is 11.6 Å². The highest BCUT2D eigenvalue weighted by atomic mass is 35.5. The van der Waals surface area contributed by atoms with E-state index in [4.69, 9.17) is 22.1 Å². The summed E-state index contributed by atoms with van der Waals surface area (Å²) in [5.74, 6) is 0.689. The summed E-state index contributed by atoms with van der Waals surface area (Å²) >= 11 is 5.78. The summed E-state index contributed by atoms with van der Waals surface area (Å²) in [6.45, 7) is 2.94. The lowest BCUT2D eigenvalue weighted by atomic mass is 10.1. The molecule has 5 heteroatoms. The van der Waals surface area contributed by atoms with Gasteiger partial charge in [0.05, 0.1) is 13.0 Å². The molecule has 0 radical (unpaired) electrons. The summed E-state index contributed by atoms with van der Waals surface area (Å²) in [4.78, 5) is 11.8. The molecule has 4 nitrogen and oxygen atoms in total. The summed E-state index contributed by atoms with van der Waals surface area (Å²) in [7, 11) is 0. The number of benzene rings is 1. The number of ether oxygens (including phenoxy) is 1. The molecule has 112 valence electrons. The van der Waals surface area contributed by atoms with E-state index >= 15 is 0 Å². The zero-order valence-electron chi connectivity index (χ0n) is 11.9. The van der Waals surface area contributed by atoms with E-state index in [1.165, 1.54) is 0 Å². The molecule has 0 aliphatic carbocycles.